The molecule has 2 aromatic rings. The molecule has 0 saturated heterocycles. The number of nitrogens with zero attached hydrogens (tertiary/aromatic N) is 3. The van der Waals surface area contributed by atoms with E-state index in [-0.39, 0.29) is 0 Å². The zero-order chi connectivity index (χ0) is 14.9. The molecule has 4 rings (SSSR count). The second kappa shape index (κ2) is 5.31. The average molecular weight is 287 g/mol. The van der Waals surface area contributed by atoms with Crippen molar-refractivity contribution in [3.8, 4) is 6.07 Å². The zero-order valence-corrected chi connectivity index (χ0v) is 12.4. The Morgan fingerprint density at radius 1 is 1.18 bits per heavy atom. The number of nitriles is 1. The van der Waals surface area contributed by atoms with Crippen molar-refractivity contribution in [3.63, 3.8) is 0 Å². The molecule has 2 aliphatic rings. The van der Waals surface area contributed by atoms with Crippen molar-refractivity contribution in [2.45, 2.75) is 32.2 Å². The highest BCUT2D eigenvalue weighted by Gasteiger charge is 2.25. The minimum Gasteiger partial charge on any atom is -0.259 e. The van der Waals surface area contributed by atoms with E-state index in [2.05, 4.69) is 35.5 Å². The Balaban J connectivity index is 1.71. The van der Waals surface area contributed by atoms with Crippen LogP contribution in [0.25, 0.3) is 6.08 Å². The van der Waals surface area contributed by atoms with Crippen molar-refractivity contribution in [3.05, 3.63) is 70.1 Å². The number of hydrogen-bond acceptors (Lipinski definition) is 2. The molecule has 0 atom stereocenters. The van der Waals surface area contributed by atoms with Gasteiger partial charge in [-0.2, -0.15) is 10.4 Å². The number of rotatable bonds is 3. The van der Waals surface area contributed by atoms with Crippen molar-refractivity contribution in [1.29, 1.82) is 5.26 Å². The smallest absolute Gasteiger partial charge is 0.166 e. The minimum atomic E-state index is 0.579. The van der Waals surface area contributed by atoms with Gasteiger partial charge in [-0.05, 0) is 42.0 Å². The van der Waals surface area contributed by atoms with Gasteiger partial charge in [0.2, 0.25) is 0 Å². The molecule has 0 fully saturated rings. The predicted octanol–water partition coefficient (Wildman–Crippen LogP) is 3.85. The Hall–Kier alpha value is -2.60. The topological polar surface area (TPSA) is 41.6 Å². The second-order valence-corrected chi connectivity index (χ2v) is 5.94. The summed E-state index contributed by atoms with van der Waals surface area (Å²) in [5.74, 6) is 0. The van der Waals surface area contributed by atoms with E-state index in [0.717, 1.165) is 17.7 Å². The van der Waals surface area contributed by atoms with Crippen LogP contribution in [0.5, 0.6) is 0 Å². The van der Waals surface area contributed by atoms with Gasteiger partial charge in [0.05, 0.1) is 12.2 Å². The fraction of sp³-hybridized carbons (Fsp3) is 0.263. The molecule has 0 amide bonds. The van der Waals surface area contributed by atoms with Gasteiger partial charge in [-0.25, -0.2) is 0 Å². The summed E-state index contributed by atoms with van der Waals surface area (Å²) in [7, 11) is 0. The molecular formula is C19H17N3. The first-order valence-corrected chi connectivity index (χ1v) is 7.79. The van der Waals surface area contributed by atoms with Crippen LogP contribution in [-0.2, 0) is 13.0 Å². The molecule has 22 heavy (non-hydrogen) atoms. The number of aromatic nitrogens is 2. The van der Waals surface area contributed by atoms with Crippen molar-refractivity contribution in [2.75, 3.05) is 0 Å². The standard InChI is InChI=1S/C19H17N3/c20-12-18-17-10-16(15-8-4-5-9-15)11-19(17)22(21-18)13-14-6-2-1-3-7-14/h1-3,6-8,11H,4-5,9-10,13H2. The van der Waals surface area contributed by atoms with E-state index in [4.69, 9.17) is 0 Å². The minimum absolute atomic E-state index is 0.579. The molecule has 0 radical (unpaired) electrons. The van der Waals surface area contributed by atoms with Gasteiger partial charge < -0.3 is 0 Å². The SMILES string of the molecule is N#Cc1nn(Cc2ccccc2)c2c1CC(C1=CCCC1)=C2. The summed E-state index contributed by atoms with van der Waals surface area (Å²) in [5.41, 5.74) is 6.84. The molecule has 0 N–H and O–H groups in total. The maximum atomic E-state index is 9.37. The van der Waals surface area contributed by atoms with Crippen molar-refractivity contribution < 1.29 is 0 Å². The Morgan fingerprint density at radius 3 is 2.77 bits per heavy atom. The van der Waals surface area contributed by atoms with E-state index in [1.54, 1.807) is 0 Å². The third kappa shape index (κ3) is 2.17. The Labute approximate surface area is 130 Å². The van der Waals surface area contributed by atoms with Crippen molar-refractivity contribution in [2.24, 2.45) is 0 Å². The summed E-state index contributed by atoms with van der Waals surface area (Å²) in [6, 6.07) is 12.5. The van der Waals surface area contributed by atoms with Crippen LogP contribution in [0.4, 0.5) is 0 Å². The number of benzene rings is 1. The maximum absolute atomic E-state index is 9.37. The van der Waals surface area contributed by atoms with Crippen LogP contribution < -0.4 is 0 Å². The van der Waals surface area contributed by atoms with E-state index < -0.39 is 0 Å². The van der Waals surface area contributed by atoms with Crippen LogP contribution in [0.15, 0.2) is 47.6 Å². The van der Waals surface area contributed by atoms with Crippen LogP contribution in [0, 0.1) is 11.3 Å². The average Bonchev–Trinajstić information content (AvgIpc) is 3.25. The monoisotopic (exact) mass is 287 g/mol. The van der Waals surface area contributed by atoms with Crippen LogP contribution >= 0.6 is 0 Å². The molecule has 3 heteroatoms. The van der Waals surface area contributed by atoms with Crippen molar-refractivity contribution in [1.82, 2.24) is 9.78 Å². The van der Waals surface area contributed by atoms with Crippen molar-refractivity contribution >= 4 is 6.08 Å². The molecule has 2 aliphatic carbocycles. The van der Waals surface area contributed by atoms with Gasteiger partial charge in [-0.15, -0.1) is 0 Å². The molecule has 1 aromatic carbocycles. The molecule has 0 unspecified atom stereocenters. The van der Waals surface area contributed by atoms with Crippen LogP contribution in [0.3, 0.4) is 0 Å². The normalized spacial score (nSPS) is 16.1. The Bertz CT molecular complexity index is 816. The van der Waals surface area contributed by atoms with Gasteiger partial charge >= 0.3 is 0 Å². The lowest BCUT2D eigenvalue weighted by Gasteiger charge is -2.05. The molecular weight excluding hydrogens is 270 g/mol. The third-order valence-corrected chi connectivity index (χ3v) is 4.51. The van der Waals surface area contributed by atoms with Crippen LogP contribution in [0.2, 0.25) is 0 Å². The lowest BCUT2D eigenvalue weighted by molar-refractivity contribution is 0.677. The fourth-order valence-electron chi connectivity index (χ4n) is 3.39. The van der Waals surface area contributed by atoms with E-state index in [9.17, 15) is 5.26 Å². The summed E-state index contributed by atoms with van der Waals surface area (Å²) in [4.78, 5) is 0. The number of hydrogen-bond donors (Lipinski definition) is 0. The molecule has 0 saturated carbocycles. The largest absolute Gasteiger partial charge is 0.259 e. The fourth-order valence-corrected chi connectivity index (χ4v) is 3.39. The highest BCUT2D eigenvalue weighted by atomic mass is 15.3. The molecule has 0 aliphatic heterocycles. The maximum Gasteiger partial charge on any atom is 0.166 e. The summed E-state index contributed by atoms with van der Waals surface area (Å²) < 4.78 is 1.98. The highest BCUT2D eigenvalue weighted by molar-refractivity contribution is 5.68. The molecule has 108 valence electrons. The Kier molecular flexibility index (Phi) is 3.16. The molecule has 1 heterocycles. The highest BCUT2D eigenvalue weighted by Crippen LogP contribution is 2.35. The van der Waals surface area contributed by atoms with Gasteiger partial charge in [-0.1, -0.05) is 36.4 Å². The number of fused-ring (bicyclic) bond motifs is 1. The second-order valence-electron chi connectivity index (χ2n) is 5.94. The first-order valence-electron chi connectivity index (χ1n) is 7.79. The summed E-state index contributed by atoms with van der Waals surface area (Å²) in [6.07, 6.45) is 9.06. The molecule has 3 nitrogen and oxygen atoms in total. The summed E-state index contributed by atoms with van der Waals surface area (Å²) in [6.45, 7) is 0.716. The molecule has 1 aromatic heterocycles. The third-order valence-electron chi connectivity index (χ3n) is 4.51. The van der Waals surface area contributed by atoms with E-state index >= 15 is 0 Å². The van der Waals surface area contributed by atoms with Gasteiger partial charge in [0.1, 0.15) is 6.07 Å². The van der Waals surface area contributed by atoms with Crippen LogP contribution in [0.1, 0.15) is 41.8 Å². The van der Waals surface area contributed by atoms with E-state index in [0.29, 0.717) is 12.2 Å². The molecule has 0 spiro atoms. The van der Waals surface area contributed by atoms with Crippen LogP contribution in [-0.4, -0.2) is 9.78 Å². The predicted molar refractivity (Wildman–Crippen MR) is 86.1 cm³/mol. The first-order chi connectivity index (χ1) is 10.8. The summed E-state index contributed by atoms with van der Waals surface area (Å²) in [5, 5.41) is 13.9. The first kappa shape index (κ1) is 13.1. The van der Waals surface area contributed by atoms with E-state index in [1.807, 2.05) is 22.9 Å². The van der Waals surface area contributed by atoms with Gasteiger partial charge in [0.15, 0.2) is 5.69 Å². The lowest BCUT2D eigenvalue weighted by Crippen LogP contribution is -2.03. The van der Waals surface area contributed by atoms with Gasteiger partial charge in [0.25, 0.3) is 0 Å². The lowest BCUT2D eigenvalue weighted by atomic mass is 10.0. The zero-order valence-electron chi connectivity index (χ0n) is 12.4. The Morgan fingerprint density at radius 2 is 2.05 bits per heavy atom. The molecule has 0 bridgehead atoms. The quantitative estimate of drug-likeness (QED) is 0.860. The van der Waals surface area contributed by atoms with Gasteiger partial charge in [0, 0.05) is 12.0 Å². The summed E-state index contributed by atoms with van der Waals surface area (Å²) >= 11 is 0. The number of allylic oxidation sites excluding steroid dienone is 3. The van der Waals surface area contributed by atoms with Gasteiger partial charge in [-0.3, -0.25) is 4.68 Å². The van der Waals surface area contributed by atoms with E-state index in [1.165, 1.54) is 36.0 Å².